The van der Waals surface area contributed by atoms with Crippen LogP contribution in [0.2, 0.25) is 0 Å². The highest BCUT2D eigenvalue weighted by Gasteiger charge is 2.11. The summed E-state index contributed by atoms with van der Waals surface area (Å²) in [6, 6.07) is 5.57. The average Bonchev–Trinajstić information content (AvgIpc) is 2.72. The van der Waals surface area contributed by atoms with Gasteiger partial charge in [0.2, 0.25) is 6.79 Å². The Bertz CT molecular complexity index is 500. The maximum atomic E-state index is 10.4. The van der Waals surface area contributed by atoms with Crippen molar-refractivity contribution in [3.8, 4) is 11.5 Å². The van der Waals surface area contributed by atoms with E-state index >= 15 is 0 Å². The third kappa shape index (κ3) is 2.87. The molecule has 0 aliphatic carbocycles. The van der Waals surface area contributed by atoms with Crippen LogP contribution in [0.4, 0.5) is 0 Å². The van der Waals surface area contributed by atoms with Gasteiger partial charge in [0.15, 0.2) is 11.5 Å². The molecule has 0 aromatic heterocycles. The first kappa shape index (κ1) is 11.3. The Morgan fingerprint density at radius 3 is 2.88 bits per heavy atom. The van der Waals surface area contributed by atoms with E-state index in [2.05, 4.69) is 0 Å². The van der Waals surface area contributed by atoms with Crippen LogP contribution < -0.4 is 9.47 Å². The van der Waals surface area contributed by atoms with Gasteiger partial charge in [-0.15, -0.1) is 0 Å². The molecule has 0 unspecified atom stereocenters. The molecule has 1 aromatic carbocycles. The maximum Gasteiger partial charge on any atom is 0.328 e. The molecule has 2 rings (SSSR count). The van der Waals surface area contributed by atoms with E-state index in [-0.39, 0.29) is 6.79 Å². The number of hydrogen-bond acceptors (Lipinski definition) is 3. The van der Waals surface area contributed by atoms with E-state index in [1.807, 2.05) is 24.3 Å². The van der Waals surface area contributed by atoms with E-state index in [0.717, 1.165) is 17.4 Å². The summed E-state index contributed by atoms with van der Waals surface area (Å²) in [6.45, 7) is 1.98. The van der Waals surface area contributed by atoms with Gasteiger partial charge in [0, 0.05) is 6.08 Å². The molecule has 1 aliphatic rings. The first-order valence-corrected chi connectivity index (χ1v) is 5.14. The largest absolute Gasteiger partial charge is 0.478 e. The predicted molar refractivity (Wildman–Crippen MR) is 63.0 cm³/mol. The summed E-state index contributed by atoms with van der Waals surface area (Å²) in [4.78, 5) is 10.4. The van der Waals surface area contributed by atoms with Crippen LogP contribution in [-0.2, 0) is 4.79 Å². The Labute approximate surface area is 98.8 Å². The summed E-state index contributed by atoms with van der Waals surface area (Å²) >= 11 is 0. The molecule has 0 radical (unpaired) electrons. The Morgan fingerprint density at radius 1 is 1.35 bits per heavy atom. The van der Waals surface area contributed by atoms with Crippen molar-refractivity contribution in [3.05, 3.63) is 41.5 Å². The summed E-state index contributed by atoms with van der Waals surface area (Å²) in [5, 5.41) is 8.56. The number of carboxylic acids is 1. The molecule has 0 amide bonds. The lowest BCUT2D eigenvalue weighted by atomic mass is 10.1. The summed E-state index contributed by atoms with van der Waals surface area (Å²) in [7, 11) is 0. The Morgan fingerprint density at radius 2 is 2.12 bits per heavy atom. The minimum absolute atomic E-state index is 0.250. The monoisotopic (exact) mass is 232 g/mol. The molecule has 0 saturated carbocycles. The van der Waals surface area contributed by atoms with E-state index in [0.29, 0.717) is 11.3 Å². The molecule has 1 N–H and O–H groups in total. The summed E-state index contributed by atoms with van der Waals surface area (Å²) in [5.41, 5.74) is 1.61. The molecule has 0 fully saturated rings. The number of fused-ring (bicyclic) bond motifs is 1. The number of ether oxygens (including phenoxy) is 2. The third-order valence-corrected chi connectivity index (χ3v) is 2.29. The number of allylic oxidation sites excluding steroid dienone is 2. The second-order valence-corrected chi connectivity index (χ2v) is 3.67. The highest BCUT2D eigenvalue weighted by molar-refractivity contribution is 5.81. The predicted octanol–water partition coefficient (Wildman–Crippen LogP) is 2.46. The number of carbonyl (C=O) groups is 1. The normalized spacial score (nSPS) is 14.3. The zero-order valence-corrected chi connectivity index (χ0v) is 9.34. The highest BCUT2D eigenvalue weighted by Crippen LogP contribution is 2.32. The van der Waals surface area contributed by atoms with Gasteiger partial charge in [-0.3, -0.25) is 0 Å². The molecule has 4 heteroatoms. The number of hydrogen-bond donors (Lipinski definition) is 1. The first-order valence-electron chi connectivity index (χ1n) is 5.14. The first-order chi connectivity index (χ1) is 8.15. The second kappa shape index (κ2) is 4.74. The van der Waals surface area contributed by atoms with Crippen molar-refractivity contribution >= 4 is 12.0 Å². The quantitative estimate of drug-likeness (QED) is 0.642. The van der Waals surface area contributed by atoms with Gasteiger partial charge in [-0.05, 0) is 30.2 Å². The molecule has 0 atom stereocenters. The van der Waals surface area contributed by atoms with Gasteiger partial charge in [-0.25, -0.2) is 4.79 Å². The summed E-state index contributed by atoms with van der Waals surface area (Å²) < 4.78 is 10.4. The lowest BCUT2D eigenvalue weighted by Crippen LogP contribution is -1.92. The van der Waals surface area contributed by atoms with E-state index in [1.165, 1.54) is 0 Å². The van der Waals surface area contributed by atoms with Crippen LogP contribution in [0.15, 0.2) is 35.9 Å². The van der Waals surface area contributed by atoms with E-state index in [4.69, 9.17) is 14.6 Å². The molecule has 0 bridgehead atoms. The molecule has 1 heterocycles. The lowest BCUT2D eigenvalue weighted by molar-refractivity contribution is -0.131. The Hall–Kier alpha value is -2.23. The van der Waals surface area contributed by atoms with Crippen molar-refractivity contribution in [2.75, 3.05) is 6.79 Å². The van der Waals surface area contributed by atoms with Crippen molar-refractivity contribution in [1.29, 1.82) is 0 Å². The van der Waals surface area contributed by atoms with Crippen molar-refractivity contribution in [2.24, 2.45) is 0 Å². The fraction of sp³-hybridized carbons (Fsp3) is 0.154. The highest BCUT2D eigenvalue weighted by atomic mass is 16.7. The molecule has 17 heavy (non-hydrogen) atoms. The molecule has 0 saturated heterocycles. The van der Waals surface area contributed by atoms with Crippen LogP contribution in [0.5, 0.6) is 11.5 Å². The van der Waals surface area contributed by atoms with E-state index in [9.17, 15) is 4.79 Å². The summed E-state index contributed by atoms with van der Waals surface area (Å²) in [5.74, 6) is 0.504. The number of carboxylic acid groups (broad SMARTS) is 1. The Balaban J connectivity index is 2.14. The maximum absolute atomic E-state index is 10.4. The van der Waals surface area contributed by atoms with Crippen molar-refractivity contribution < 1.29 is 19.4 Å². The molecule has 0 spiro atoms. The van der Waals surface area contributed by atoms with Gasteiger partial charge in [0.05, 0.1) is 0 Å². The Kier molecular flexibility index (Phi) is 3.14. The van der Waals surface area contributed by atoms with Gasteiger partial charge in [-0.2, -0.15) is 0 Å². The molecular formula is C13H12O4. The van der Waals surface area contributed by atoms with Gasteiger partial charge in [0.25, 0.3) is 0 Å². The molecule has 88 valence electrons. The number of aliphatic carboxylic acids is 1. The van der Waals surface area contributed by atoms with Gasteiger partial charge in [-0.1, -0.05) is 18.2 Å². The molecule has 4 nitrogen and oxygen atoms in total. The average molecular weight is 232 g/mol. The van der Waals surface area contributed by atoms with Crippen LogP contribution >= 0.6 is 0 Å². The van der Waals surface area contributed by atoms with Crippen LogP contribution in [0.1, 0.15) is 12.5 Å². The van der Waals surface area contributed by atoms with E-state index < -0.39 is 5.97 Å². The molecule has 1 aromatic rings. The smallest absolute Gasteiger partial charge is 0.328 e. The standard InChI is InChI=1S/C13H12O4/c1-9(6-13(14)15)2-3-10-4-5-11-12(7-10)17-8-16-11/h2-7H,8H2,1H3,(H,14,15)/b3-2+,9-6-. The van der Waals surface area contributed by atoms with Crippen molar-refractivity contribution in [2.45, 2.75) is 6.92 Å². The van der Waals surface area contributed by atoms with Gasteiger partial charge in [0.1, 0.15) is 0 Å². The zero-order valence-electron chi connectivity index (χ0n) is 9.34. The molecule has 1 aliphatic heterocycles. The van der Waals surface area contributed by atoms with Crippen LogP contribution in [-0.4, -0.2) is 17.9 Å². The van der Waals surface area contributed by atoms with Crippen molar-refractivity contribution in [3.63, 3.8) is 0 Å². The van der Waals surface area contributed by atoms with E-state index in [1.54, 1.807) is 13.0 Å². The summed E-state index contributed by atoms with van der Waals surface area (Å²) in [6.07, 6.45) is 4.73. The van der Waals surface area contributed by atoms with Gasteiger partial charge >= 0.3 is 5.97 Å². The minimum atomic E-state index is -0.946. The molecular weight excluding hydrogens is 220 g/mol. The number of benzene rings is 1. The second-order valence-electron chi connectivity index (χ2n) is 3.67. The van der Waals surface area contributed by atoms with Crippen molar-refractivity contribution in [1.82, 2.24) is 0 Å². The topological polar surface area (TPSA) is 55.8 Å². The van der Waals surface area contributed by atoms with Crippen LogP contribution in [0, 0.1) is 0 Å². The number of rotatable bonds is 3. The lowest BCUT2D eigenvalue weighted by Gasteiger charge is -1.97. The SMILES string of the molecule is CC(=C/C(=O)O)/C=C/c1ccc2c(c1)OCO2. The zero-order chi connectivity index (χ0) is 12.3. The fourth-order valence-corrected chi connectivity index (χ4v) is 1.49. The fourth-order valence-electron chi connectivity index (χ4n) is 1.49. The van der Waals surface area contributed by atoms with Crippen LogP contribution in [0.3, 0.4) is 0 Å². The minimum Gasteiger partial charge on any atom is -0.478 e. The van der Waals surface area contributed by atoms with Gasteiger partial charge < -0.3 is 14.6 Å². The third-order valence-electron chi connectivity index (χ3n) is 2.29. The van der Waals surface area contributed by atoms with Crippen LogP contribution in [0.25, 0.3) is 6.08 Å².